The van der Waals surface area contributed by atoms with Gasteiger partial charge in [0.2, 0.25) is 0 Å². The number of hydrogen-bond donors (Lipinski definition) is 5. The van der Waals surface area contributed by atoms with Crippen molar-refractivity contribution in [3.05, 3.63) is 137 Å². The SMILES string of the molecule is CN(CCOP(=O)(O)O)CC[C@H](CSc1ccccc1)Nc1ccc(S(=O)(=O)NC(=O)c2ccc(N3CCC([C@H](O)c4ccccc4-c4ccc(Cl)cc4)CC3)cc2)cc1S(=O)(=O)C(F)(F)F.Cl. The second-order valence-corrected chi connectivity index (χ2v) is 22.2. The number of aliphatic hydroxyl groups excluding tert-OH is 1. The van der Waals surface area contributed by atoms with Gasteiger partial charge in [-0.2, -0.15) is 13.2 Å². The normalized spacial score (nSPS) is 14.8. The molecule has 1 saturated heterocycles. The highest BCUT2D eigenvalue weighted by Gasteiger charge is 2.48. The predicted octanol–water partition coefficient (Wildman–Crippen LogP) is 8.80. The monoisotopic (exact) mass is 1060 g/mol. The number of sulfone groups is 1. The Balaban J connectivity index is 0.00000864. The quantitative estimate of drug-likeness (QED) is 0.0366. The number of thioether (sulfide) groups is 1. The summed E-state index contributed by atoms with van der Waals surface area (Å²) in [4.78, 5) is 33.5. The van der Waals surface area contributed by atoms with Gasteiger partial charge in [-0.05, 0) is 122 Å². The zero-order chi connectivity index (χ0) is 48.6. The molecule has 1 heterocycles. The molecule has 23 heteroatoms. The molecular formula is C45H50Cl2F3N4O10PS3. The van der Waals surface area contributed by atoms with Crippen LogP contribution in [-0.2, 0) is 28.9 Å². The summed E-state index contributed by atoms with van der Waals surface area (Å²) in [6, 6.07) is 31.5. The molecule has 5 N–H and O–H groups in total. The van der Waals surface area contributed by atoms with E-state index in [1.165, 1.54) is 23.9 Å². The van der Waals surface area contributed by atoms with Gasteiger partial charge >= 0.3 is 13.3 Å². The van der Waals surface area contributed by atoms with Gasteiger partial charge in [0.05, 0.1) is 23.3 Å². The molecule has 1 amide bonds. The summed E-state index contributed by atoms with van der Waals surface area (Å²) in [5, 5.41) is 15.0. The Bertz CT molecular complexity index is 2750. The fourth-order valence-electron chi connectivity index (χ4n) is 7.51. The van der Waals surface area contributed by atoms with E-state index in [9.17, 15) is 44.5 Å². The number of likely N-dealkylation sites (N-methyl/N-ethyl adjacent to an activating group) is 1. The highest BCUT2D eigenvalue weighted by atomic mass is 35.5. The van der Waals surface area contributed by atoms with Gasteiger partial charge < -0.3 is 30.0 Å². The lowest BCUT2D eigenvalue weighted by molar-refractivity contribution is -0.0436. The van der Waals surface area contributed by atoms with Crippen LogP contribution < -0.4 is 14.9 Å². The number of amides is 1. The largest absolute Gasteiger partial charge is 0.501 e. The number of carbonyl (C=O) groups is 1. The van der Waals surface area contributed by atoms with Gasteiger partial charge in [-0.1, -0.05) is 66.2 Å². The highest BCUT2D eigenvalue weighted by Crippen LogP contribution is 2.39. The summed E-state index contributed by atoms with van der Waals surface area (Å²) in [6.45, 7) is 1.15. The molecule has 1 fully saturated rings. The number of hydrogen-bond acceptors (Lipinski definition) is 12. The zero-order valence-electron chi connectivity index (χ0n) is 36.3. The van der Waals surface area contributed by atoms with Gasteiger partial charge in [-0.25, -0.2) is 26.1 Å². The summed E-state index contributed by atoms with van der Waals surface area (Å²) in [7, 11) is -14.2. The second-order valence-electron chi connectivity index (χ2n) is 15.8. The summed E-state index contributed by atoms with van der Waals surface area (Å²) >= 11 is 7.41. The van der Waals surface area contributed by atoms with Gasteiger partial charge in [0.25, 0.3) is 25.8 Å². The third kappa shape index (κ3) is 14.7. The smallest absolute Gasteiger partial charge is 0.388 e. The second kappa shape index (κ2) is 23.6. The van der Waals surface area contributed by atoms with Crippen LogP contribution in [0.15, 0.2) is 136 Å². The lowest BCUT2D eigenvalue weighted by Gasteiger charge is -2.36. The van der Waals surface area contributed by atoms with Gasteiger partial charge in [0, 0.05) is 52.6 Å². The predicted molar refractivity (Wildman–Crippen MR) is 259 cm³/mol. The van der Waals surface area contributed by atoms with E-state index in [-0.39, 0.29) is 55.8 Å². The first kappa shape index (κ1) is 54.8. The minimum Gasteiger partial charge on any atom is -0.388 e. The maximum Gasteiger partial charge on any atom is 0.501 e. The molecule has 68 heavy (non-hydrogen) atoms. The minimum absolute atomic E-state index is 0. The topological polar surface area (TPSA) is 203 Å². The van der Waals surface area contributed by atoms with Crippen LogP contribution in [-0.4, -0.2) is 99.7 Å². The molecule has 0 saturated carbocycles. The number of alkyl halides is 3. The minimum atomic E-state index is -6.16. The number of anilines is 2. The van der Waals surface area contributed by atoms with Crippen molar-refractivity contribution in [2.45, 2.75) is 51.6 Å². The fourth-order valence-corrected chi connectivity index (χ4v) is 11.0. The van der Waals surface area contributed by atoms with Gasteiger partial charge in [0.1, 0.15) is 4.90 Å². The molecule has 368 valence electrons. The number of nitrogens with one attached hydrogen (secondary N) is 2. The van der Waals surface area contributed by atoms with Crippen molar-refractivity contribution < 1.29 is 58.8 Å². The Morgan fingerprint density at radius 3 is 2.18 bits per heavy atom. The number of nitrogens with zero attached hydrogens (tertiary/aromatic N) is 2. The highest BCUT2D eigenvalue weighted by molar-refractivity contribution is 7.99. The molecule has 2 atom stereocenters. The first-order valence-corrected chi connectivity index (χ1v) is 26.7. The maximum atomic E-state index is 14.2. The number of phosphoric ester groups is 1. The molecule has 0 aromatic heterocycles. The van der Waals surface area contributed by atoms with Crippen LogP contribution in [0.3, 0.4) is 0 Å². The molecule has 5 aromatic rings. The van der Waals surface area contributed by atoms with E-state index in [2.05, 4.69) is 14.7 Å². The van der Waals surface area contributed by atoms with E-state index in [0.29, 0.717) is 37.0 Å². The number of carbonyl (C=O) groups excluding carboxylic acids is 1. The van der Waals surface area contributed by atoms with Crippen LogP contribution in [0.5, 0.6) is 0 Å². The van der Waals surface area contributed by atoms with Crippen molar-refractivity contribution in [2.24, 2.45) is 5.92 Å². The van der Waals surface area contributed by atoms with Crippen molar-refractivity contribution in [3.63, 3.8) is 0 Å². The molecule has 0 spiro atoms. The Kier molecular flexibility index (Phi) is 19.0. The number of benzene rings is 5. The van der Waals surface area contributed by atoms with Crippen LogP contribution in [0.1, 0.15) is 41.3 Å². The molecule has 0 unspecified atom stereocenters. The van der Waals surface area contributed by atoms with E-state index in [4.69, 9.17) is 21.4 Å². The molecule has 5 aromatic carbocycles. The summed E-state index contributed by atoms with van der Waals surface area (Å²) in [5.41, 5.74) is -3.06. The number of aliphatic hydroxyl groups is 1. The van der Waals surface area contributed by atoms with Crippen molar-refractivity contribution in [1.82, 2.24) is 9.62 Å². The molecule has 0 aliphatic carbocycles. The number of halogens is 5. The number of piperidine rings is 1. The molecule has 14 nitrogen and oxygen atoms in total. The van der Waals surface area contributed by atoms with Crippen LogP contribution in [0.2, 0.25) is 5.02 Å². The number of sulfonamides is 1. The molecule has 0 bridgehead atoms. The third-order valence-electron chi connectivity index (χ3n) is 11.1. The summed E-state index contributed by atoms with van der Waals surface area (Å²) in [6.07, 6.45) is 0.773. The van der Waals surface area contributed by atoms with Crippen LogP contribution in [0.4, 0.5) is 24.5 Å². The Morgan fingerprint density at radius 2 is 1.54 bits per heavy atom. The third-order valence-corrected chi connectivity index (χ3v) is 15.9. The first-order valence-electron chi connectivity index (χ1n) is 20.8. The van der Waals surface area contributed by atoms with Crippen molar-refractivity contribution in [1.29, 1.82) is 0 Å². The number of rotatable bonds is 20. The average Bonchev–Trinajstić information content (AvgIpc) is 3.29. The van der Waals surface area contributed by atoms with Crippen LogP contribution in [0, 0.1) is 5.92 Å². The van der Waals surface area contributed by atoms with E-state index in [1.807, 2.05) is 41.1 Å². The summed E-state index contributed by atoms with van der Waals surface area (Å²) in [5.74, 6) is -0.941. The lowest BCUT2D eigenvalue weighted by atomic mass is 9.84. The van der Waals surface area contributed by atoms with E-state index < -0.39 is 66.7 Å². The van der Waals surface area contributed by atoms with Gasteiger partial charge in [-0.3, -0.25) is 9.32 Å². The van der Waals surface area contributed by atoms with Crippen LogP contribution >= 0.6 is 43.6 Å². The van der Waals surface area contributed by atoms with E-state index >= 15 is 0 Å². The molecule has 6 rings (SSSR count). The van der Waals surface area contributed by atoms with E-state index in [1.54, 1.807) is 66.5 Å². The molecule has 0 radical (unpaired) electrons. The molecule has 1 aliphatic rings. The summed E-state index contributed by atoms with van der Waals surface area (Å²) < 4.78 is 113. The molecule has 1 aliphatic heterocycles. The number of phosphoric acid groups is 1. The van der Waals surface area contributed by atoms with Crippen LogP contribution in [0.25, 0.3) is 11.1 Å². The van der Waals surface area contributed by atoms with Crippen molar-refractivity contribution in [3.8, 4) is 11.1 Å². The first-order chi connectivity index (χ1) is 31.6. The van der Waals surface area contributed by atoms with Crippen molar-refractivity contribution in [2.75, 3.05) is 55.8 Å². The maximum absolute atomic E-state index is 14.2. The van der Waals surface area contributed by atoms with E-state index in [0.717, 1.165) is 39.4 Å². The Labute approximate surface area is 408 Å². The van der Waals surface area contributed by atoms with Gasteiger partial charge in [-0.15, -0.1) is 24.2 Å². The fraction of sp³-hybridized carbons (Fsp3) is 0.311. The standard InChI is InChI=1S/C45H49ClF3N4O10PS3.ClH/c1-52(27-28-63-64(56,57)58)24-23-35(30-65-37-7-3-2-4-8-37)50-41-20-19-38(29-42(41)66(59,60)45(47,48)49)67(61,62)51-44(55)33-13-17-36(18-14-33)53-25-21-32(22-26-53)43(54)40-10-6-5-9-39(40)31-11-15-34(46)16-12-31;/h2-20,29,32,35,43,50,54H,21-28,30H2,1H3,(H,51,55)(H2,56,57,58);1H/t35-,43+;/m1./s1. The lowest BCUT2D eigenvalue weighted by Crippen LogP contribution is -2.36. The van der Waals surface area contributed by atoms with Gasteiger partial charge in [0.15, 0.2) is 0 Å². The zero-order valence-corrected chi connectivity index (χ0v) is 41.2. The van der Waals surface area contributed by atoms with Crippen molar-refractivity contribution >= 4 is 80.7 Å². The molecular weight excluding hydrogens is 1010 g/mol. The average molecular weight is 1060 g/mol. The Hall–Kier alpha value is -4.18. The Morgan fingerprint density at radius 1 is 0.912 bits per heavy atom.